The van der Waals surface area contributed by atoms with E-state index in [0.29, 0.717) is 36.5 Å². The Morgan fingerprint density at radius 2 is 1.39 bits per heavy atom. The summed E-state index contributed by atoms with van der Waals surface area (Å²) < 4.78 is 43.6. The second-order valence-electron chi connectivity index (χ2n) is 20.4. The molecular formula is C45H72O16. The zero-order valence-corrected chi connectivity index (χ0v) is 36.4. The molecular weight excluding hydrogens is 796 g/mol. The van der Waals surface area contributed by atoms with Crippen LogP contribution in [-0.4, -0.2) is 163 Å². The topological polar surface area (TPSA) is 247 Å². The molecule has 0 aromatic heterocycles. The summed E-state index contributed by atoms with van der Waals surface area (Å²) in [5.41, 5.74) is 2.86. The third-order valence-electron chi connectivity index (χ3n) is 16.8. The minimum absolute atomic E-state index is 0.0400. The van der Waals surface area contributed by atoms with Gasteiger partial charge in [0.1, 0.15) is 67.1 Å². The van der Waals surface area contributed by atoms with E-state index in [-0.39, 0.29) is 35.6 Å². The number of aliphatic hydroxyl groups is 9. The van der Waals surface area contributed by atoms with Gasteiger partial charge in [-0.05, 0) is 112 Å². The summed E-state index contributed by atoms with van der Waals surface area (Å²) in [4.78, 5) is 0. The van der Waals surface area contributed by atoms with Crippen molar-refractivity contribution in [3.63, 3.8) is 0 Å². The van der Waals surface area contributed by atoms with E-state index in [1.54, 1.807) is 0 Å². The van der Waals surface area contributed by atoms with E-state index >= 15 is 0 Å². The molecule has 0 aromatic carbocycles. The van der Waals surface area contributed by atoms with Crippen LogP contribution in [0.25, 0.3) is 0 Å². The van der Waals surface area contributed by atoms with Crippen LogP contribution in [-0.2, 0) is 33.2 Å². The highest BCUT2D eigenvalue weighted by atomic mass is 16.8. The van der Waals surface area contributed by atoms with E-state index < -0.39 is 98.7 Å². The summed E-state index contributed by atoms with van der Waals surface area (Å²) >= 11 is 0. The molecule has 9 N–H and O–H groups in total. The zero-order chi connectivity index (χ0) is 43.9. The first-order chi connectivity index (χ1) is 28.9. The van der Waals surface area contributed by atoms with Crippen molar-refractivity contribution in [1.82, 2.24) is 0 Å². The van der Waals surface area contributed by atoms with Gasteiger partial charge in [-0.15, -0.1) is 0 Å². The minimum atomic E-state index is -1.74. The van der Waals surface area contributed by atoms with Gasteiger partial charge in [0.25, 0.3) is 0 Å². The average molecular weight is 869 g/mol. The predicted molar refractivity (Wildman–Crippen MR) is 215 cm³/mol. The summed E-state index contributed by atoms with van der Waals surface area (Å²) in [5.74, 6) is 3.39. The zero-order valence-electron chi connectivity index (χ0n) is 36.4. The van der Waals surface area contributed by atoms with E-state index in [0.717, 1.165) is 50.7 Å². The van der Waals surface area contributed by atoms with Gasteiger partial charge in [-0.1, -0.05) is 32.4 Å². The Labute approximate surface area is 358 Å². The van der Waals surface area contributed by atoms with Gasteiger partial charge in [0, 0.05) is 18.9 Å². The number of rotatable bonds is 11. The normalized spacial score (nSPS) is 52.7. The fourth-order valence-electron chi connectivity index (χ4n) is 13.0. The third kappa shape index (κ3) is 8.09. The molecule has 0 radical (unpaired) electrons. The molecule has 4 aliphatic heterocycles. The highest BCUT2D eigenvalue weighted by Gasteiger charge is 2.64. The van der Waals surface area contributed by atoms with Gasteiger partial charge in [0.2, 0.25) is 0 Å². The van der Waals surface area contributed by atoms with Gasteiger partial charge in [0.15, 0.2) is 18.9 Å². The maximum absolute atomic E-state index is 11.6. The number of fused-ring (bicyclic) bond motifs is 7. The van der Waals surface area contributed by atoms with Crippen molar-refractivity contribution in [3.8, 4) is 0 Å². The van der Waals surface area contributed by atoms with Crippen LogP contribution < -0.4 is 0 Å². The standard InChI is InChI=1S/C45H72O16/c1-19(17-46)7-10-28-20(2)31-29(58-28)16-27-25-9-8-23-15-24(11-13-44(23,5)26(25)12-14-45(27,31)6)57-43-40(61-42-38(54)36(52)33(49)22(4)56-42)39(34(50)30(18-47)59-43)60-41-37(53)35(51)32(48)21(3)55-41/h8,19,21-22,24-27,29-43,46-54H,7,9-18H2,1-6H3/t19-,21+,22+,24+,25-,26+,27+,29+,30-,31+,32+,33+,34-,35-,36-,37-,38-,39+,40-,41+,42+,43-,44+,45+/m1/s1. The van der Waals surface area contributed by atoms with Crippen LogP contribution in [0.2, 0.25) is 0 Å². The van der Waals surface area contributed by atoms with Crippen molar-refractivity contribution in [2.45, 2.75) is 204 Å². The van der Waals surface area contributed by atoms with Crippen molar-refractivity contribution >= 4 is 0 Å². The number of ether oxygens (including phenoxy) is 7. The molecule has 61 heavy (non-hydrogen) atoms. The molecule has 16 heteroatoms. The lowest BCUT2D eigenvalue weighted by Crippen LogP contribution is -2.67. The van der Waals surface area contributed by atoms with Gasteiger partial charge in [0.05, 0.1) is 30.7 Å². The molecule has 0 unspecified atom stereocenters. The number of hydrogen-bond donors (Lipinski definition) is 9. The third-order valence-corrected chi connectivity index (χ3v) is 16.8. The molecule has 348 valence electrons. The predicted octanol–water partition coefficient (Wildman–Crippen LogP) is 1.15. The van der Waals surface area contributed by atoms with Crippen LogP contribution >= 0.6 is 0 Å². The van der Waals surface area contributed by atoms with Crippen LogP contribution in [0, 0.1) is 40.4 Å². The van der Waals surface area contributed by atoms with Gasteiger partial charge in [-0.2, -0.15) is 0 Å². The lowest BCUT2D eigenvalue weighted by molar-refractivity contribution is -0.393. The van der Waals surface area contributed by atoms with Crippen molar-refractivity contribution < 1.29 is 79.1 Å². The highest BCUT2D eigenvalue weighted by Crippen LogP contribution is 2.69. The Morgan fingerprint density at radius 1 is 0.754 bits per heavy atom. The Kier molecular flexibility index (Phi) is 13.5. The van der Waals surface area contributed by atoms with Crippen LogP contribution in [0.4, 0.5) is 0 Å². The Morgan fingerprint density at radius 3 is 2.02 bits per heavy atom. The van der Waals surface area contributed by atoms with E-state index in [1.807, 2.05) is 0 Å². The minimum Gasteiger partial charge on any atom is -0.494 e. The molecule has 24 atom stereocenters. The molecule has 8 rings (SSSR count). The van der Waals surface area contributed by atoms with E-state index in [1.165, 1.54) is 25.0 Å². The number of aliphatic hydroxyl groups excluding tert-OH is 9. The van der Waals surface area contributed by atoms with E-state index in [2.05, 4.69) is 33.8 Å². The summed E-state index contributed by atoms with van der Waals surface area (Å²) in [6.45, 7) is 11.8. The fraction of sp³-hybridized carbons (Fsp3) is 0.911. The van der Waals surface area contributed by atoms with E-state index in [9.17, 15) is 46.0 Å². The van der Waals surface area contributed by atoms with Crippen molar-refractivity contribution in [3.05, 3.63) is 23.0 Å². The largest absolute Gasteiger partial charge is 0.494 e. The quantitative estimate of drug-likeness (QED) is 0.132. The summed E-state index contributed by atoms with van der Waals surface area (Å²) in [5, 5.41) is 95.4. The van der Waals surface area contributed by atoms with E-state index in [4.69, 9.17) is 33.2 Å². The Hall–Kier alpha value is -1.32. The molecule has 0 bridgehead atoms. The van der Waals surface area contributed by atoms with Gasteiger partial charge in [-0.3, -0.25) is 0 Å². The van der Waals surface area contributed by atoms with Gasteiger partial charge < -0.3 is 79.1 Å². The van der Waals surface area contributed by atoms with Crippen LogP contribution in [0.15, 0.2) is 23.0 Å². The molecule has 4 aliphatic carbocycles. The molecule has 3 saturated heterocycles. The molecule has 3 saturated carbocycles. The first-order valence-corrected chi connectivity index (χ1v) is 22.9. The highest BCUT2D eigenvalue weighted by molar-refractivity contribution is 5.30. The van der Waals surface area contributed by atoms with Crippen molar-refractivity contribution in [2.24, 2.45) is 40.4 Å². The summed E-state index contributed by atoms with van der Waals surface area (Å²) in [6, 6.07) is 0. The van der Waals surface area contributed by atoms with Crippen LogP contribution in [0.5, 0.6) is 0 Å². The maximum Gasteiger partial charge on any atom is 0.187 e. The van der Waals surface area contributed by atoms with Crippen LogP contribution in [0.1, 0.15) is 99.3 Å². The second-order valence-corrected chi connectivity index (χ2v) is 20.4. The second kappa shape index (κ2) is 17.8. The number of allylic oxidation sites excluding steroid dienone is 2. The molecule has 6 fully saturated rings. The Balaban J connectivity index is 1.01. The summed E-state index contributed by atoms with van der Waals surface area (Å²) in [6.07, 6.45) is -11.2. The summed E-state index contributed by atoms with van der Waals surface area (Å²) in [7, 11) is 0. The fourth-order valence-corrected chi connectivity index (χ4v) is 13.0. The van der Waals surface area contributed by atoms with Crippen LogP contribution in [0.3, 0.4) is 0 Å². The molecule has 16 nitrogen and oxygen atoms in total. The Bertz CT molecular complexity index is 1610. The molecule has 4 heterocycles. The van der Waals surface area contributed by atoms with Gasteiger partial charge in [-0.25, -0.2) is 0 Å². The molecule has 0 aromatic rings. The van der Waals surface area contributed by atoms with Crippen molar-refractivity contribution in [1.29, 1.82) is 0 Å². The lowest BCUT2D eigenvalue weighted by Gasteiger charge is -2.58. The SMILES string of the molecule is CC1=C(CC[C@@H](C)CO)O[C@H]2C[C@H]3[C@@H]4CC=C5C[C@@H](O[C@@H]6O[C@H](CO)[C@@H](O)[C@H](O[C@@H]7O[C@@H](C)[C@H](O)[C@@H](O)[C@H]7O)[C@H]6O[C@@H]6O[C@@H](C)[C@H](O)[C@@H](O)[C@H]6O)CC[C@]5(C)[C@H]4CC[C@]3(C)[C@@H]12. The first kappa shape index (κ1) is 46.2. The lowest BCUT2D eigenvalue weighted by atomic mass is 9.47. The van der Waals surface area contributed by atoms with Gasteiger partial charge >= 0.3 is 0 Å². The first-order valence-electron chi connectivity index (χ1n) is 22.9. The average Bonchev–Trinajstić information content (AvgIpc) is 3.73. The number of hydrogen-bond acceptors (Lipinski definition) is 16. The molecule has 0 amide bonds. The maximum atomic E-state index is 11.6. The monoisotopic (exact) mass is 868 g/mol. The molecule has 8 aliphatic rings. The van der Waals surface area contributed by atoms with Crippen molar-refractivity contribution in [2.75, 3.05) is 13.2 Å². The smallest absolute Gasteiger partial charge is 0.187 e. The molecule has 0 spiro atoms.